The van der Waals surface area contributed by atoms with Gasteiger partial charge in [0.15, 0.2) is 0 Å². The van der Waals surface area contributed by atoms with Gasteiger partial charge in [0, 0.05) is 0 Å². The number of carbonyl (C=O) groups is 2. The summed E-state index contributed by atoms with van der Waals surface area (Å²) in [6.45, 7) is 0. The SMILES string of the molecule is CSCCC1NC(=O)OC1=O. The number of hydrogen-bond donors (Lipinski definition) is 1. The monoisotopic (exact) mass is 175 g/mol. The Balaban J connectivity index is 2.34. The summed E-state index contributed by atoms with van der Waals surface area (Å²) in [4.78, 5) is 21.2. The van der Waals surface area contributed by atoms with E-state index in [1.54, 1.807) is 11.8 Å². The molecule has 1 amide bonds. The molecule has 1 aliphatic rings. The van der Waals surface area contributed by atoms with Gasteiger partial charge in [0.05, 0.1) is 0 Å². The molecule has 1 fully saturated rings. The molecule has 1 atom stereocenters. The van der Waals surface area contributed by atoms with Gasteiger partial charge in [-0.2, -0.15) is 11.8 Å². The highest BCUT2D eigenvalue weighted by Gasteiger charge is 2.31. The van der Waals surface area contributed by atoms with Gasteiger partial charge in [-0.05, 0) is 18.4 Å². The van der Waals surface area contributed by atoms with Crippen molar-refractivity contribution < 1.29 is 14.3 Å². The van der Waals surface area contributed by atoms with Gasteiger partial charge in [0.25, 0.3) is 0 Å². The van der Waals surface area contributed by atoms with Crippen LogP contribution >= 0.6 is 11.8 Å². The molecule has 1 N–H and O–H groups in total. The van der Waals surface area contributed by atoms with Gasteiger partial charge in [0.1, 0.15) is 6.04 Å². The molecule has 1 heterocycles. The Morgan fingerprint density at radius 2 is 2.36 bits per heavy atom. The smallest absolute Gasteiger partial charge is 0.375 e. The molecule has 5 heteroatoms. The minimum atomic E-state index is -0.624. The van der Waals surface area contributed by atoms with Crippen LogP contribution in [0.4, 0.5) is 4.79 Å². The van der Waals surface area contributed by atoms with E-state index >= 15 is 0 Å². The lowest BCUT2D eigenvalue weighted by atomic mass is 10.2. The van der Waals surface area contributed by atoms with Crippen molar-refractivity contribution in [2.45, 2.75) is 12.5 Å². The predicted octanol–water partition coefficient (Wildman–Crippen LogP) is 0.374. The van der Waals surface area contributed by atoms with Crippen molar-refractivity contribution >= 4 is 23.8 Å². The van der Waals surface area contributed by atoms with E-state index in [2.05, 4.69) is 10.1 Å². The number of rotatable bonds is 3. The number of alkyl carbamates (subject to hydrolysis) is 1. The van der Waals surface area contributed by atoms with Crippen LogP contribution in [0.1, 0.15) is 6.42 Å². The van der Waals surface area contributed by atoms with Crippen LogP contribution in [0, 0.1) is 0 Å². The van der Waals surface area contributed by atoms with Crippen LogP contribution in [0.5, 0.6) is 0 Å². The van der Waals surface area contributed by atoms with Gasteiger partial charge in [-0.25, -0.2) is 9.59 Å². The van der Waals surface area contributed by atoms with Crippen LogP contribution in [0.2, 0.25) is 0 Å². The molecule has 0 aromatic carbocycles. The number of thioether (sulfide) groups is 1. The zero-order chi connectivity index (χ0) is 8.27. The van der Waals surface area contributed by atoms with Crippen LogP contribution in [-0.2, 0) is 9.53 Å². The highest BCUT2D eigenvalue weighted by atomic mass is 32.2. The van der Waals surface area contributed by atoms with E-state index in [1.165, 1.54) is 0 Å². The molecule has 0 bridgehead atoms. The lowest BCUT2D eigenvalue weighted by molar-refractivity contribution is -0.135. The van der Waals surface area contributed by atoms with Crippen molar-refractivity contribution in [2.24, 2.45) is 0 Å². The second kappa shape index (κ2) is 3.61. The fourth-order valence-electron chi connectivity index (χ4n) is 0.819. The Hall–Kier alpha value is -0.710. The van der Waals surface area contributed by atoms with Crippen molar-refractivity contribution in [1.29, 1.82) is 0 Å². The lowest BCUT2D eigenvalue weighted by Gasteiger charge is -2.01. The Bertz CT molecular complexity index is 183. The molecule has 62 valence electrons. The summed E-state index contributed by atoms with van der Waals surface area (Å²) in [5.74, 6) is 0.393. The summed E-state index contributed by atoms with van der Waals surface area (Å²) in [5, 5.41) is 2.41. The fourth-order valence-corrected chi connectivity index (χ4v) is 1.29. The van der Waals surface area contributed by atoms with Crippen molar-refractivity contribution in [3.63, 3.8) is 0 Å². The summed E-state index contributed by atoms with van der Waals surface area (Å²) in [5.41, 5.74) is 0. The first-order chi connectivity index (χ1) is 5.24. The number of amides is 1. The third kappa shape index (κ3) is 2.11. The van der Waals surface area contributed by atoms with Crippen LogP contribution in [0.3, 0.4) is 0 Å². The number of ether oxygens (including phenoxy) is 1. The average Bonchev–Trinajstić information content (AvgIpc) is 2.26. The van der Waals surface area contributed by atoms with Gasteiger partial charge in [-0.3, -0.25) is 0 Å². The van der Waals surface area contributed by atoms with Gasteiger partial charge in [-0.15, -0.1) is 0 Å². The van der Waals surface area contributed by atoms with Crippen molar-refractivity contribution in [1.82, 2.24) is 5.32 Å². The summed E-state index contributed by atoms with van der Waals surface area (Å²) in [6.07, 6.45) is 1.97. The average molecular weight is 175 g/mol. The maximum Gasteiger partial charge on any atom is 0.415 e. The number of hydrogen-bond acceptors (Lipinski definition) is 4. The third-order valence-electron chi connectivity index (χ3n) is 1.38. The van der Waals surface area contributed by atoms with E-state index in [-0.39, 0.29) is 0 Å². The summed E-state index contributed by atoms with van der Waals surface area (Å²) in [7, 11) is 0. The van der Waals surface area contributed by atoms with E-state index in [0.717, 1.165) is 5.75 Å². The largest absolute Gasteiger partial charge is 0.415 e. The molecule has 1 saturated heterocycles. The topological polar surface area (TPSA) is 55.4 Å². The third-order valence-corrected chi connectivity index (χ3v) is 2.02. The maximum absolute atomic E-state index is 10.8. The number of carbonyl (C=O) groups excluding carboxylic acids is 2. The first-order valence-corrected chi connectivity index (χ1v) is 4.64. The van der Waals surface area contributed by atoms with Crippen molar-refractivity contribution in [2.75, 3.05) is 12.0 Å². The molecular weight excluding hydrogens is 166 g/mol. The zero-order valence-corrected chi connectivity index (χ0v) is 6.94. The molecule has 0 aromatic heterocycles. The highest BCUT2D eigenvalue weighted by Crippen LogP contribution is 2.07. The van der Waals surface area contributed by atoms with Crippen molar-refractivity contribution in [3.05, 3.63) is 0 Å². The van der Waals surface area contributed by atoms with Gasteiger partial charge in [0.2, 0.25) is 0 Å². The molecule has 0 radical (unpaired) electrons. The second-order valence-electron chi connectivity index (χ2n) is 2.19. The zero-order valence-electron chi connectivity index (χ0n) is 6.12. The van der Waals surface area contributed by atoms with Crippen LogP contribution in [0.15, 0.2) is 0 Å². The normalized spacial score (nSPS) is 23.2. The first kappa shape index (κ1) is 8.39. The standard InChI is InChI=1S/C6H9NO3S/c1-11-3-2-4-5(8)10-6(9)7-4/h4H,2-3H2,1H3,(H,7,9). The van der Waals surface area contributed by atoms with Crippen LogP contribution < -0.4 is 5.32 Å². The Kier molecular flexibility index (Phi) is 2.76. The first-order valence-electron chi connectivity index (χ1n) is 3.25. The molecular formula is C6H9NO3S. The number of cyclic esters (lactones) is 2. The quantitative estimate of drug-likeness (QED) is 0.497. The number of nitrogens with one attached hydrogen (secondary N) is 1. The minimum absolute atomic E-state index is 0.421. The van der Waals surface area contributed by atoms with Crippen LogP contribution in [0.25, 0.3) is 0 Å². The molecule has 0 aliphatic carbocycles. The van der Waals surface area contributed by atoms with Crippen LogP contribution in [-0.4, -0.2) is 30.1 Å². The summed E-state index contributed by atoms with van der Waals surface area (Å²) >= 11 is 1.63. The molecule has 0 saturated carbocycles. The molecule has 11 heavy (non-hydrogen) atoms. The Morgan fingerprint density at radius 3 is 2.82 bits per heavy atom. The fraction of sp³-hybridized carbons (Fsp3) is 0.667. The maximum atomic E-state index is 10.8. The van der Waals surface area contributed by atoms with E-state index in [0.29, 0.717) is 6.42 Å². The molecule has 4 nitrogen and oxygen atoms in total. The summed E-state index contributed by atoms with van der Waals surface area (Å²) in [6, 6.07) is -0.421. The van der Waals surface area contributed by atoms with E-state index < -0.39 is 18.1 Å². The molecule has 1 aliphatic heterocycles. The van der Waals surface area contributed by atoms with Gasteiger partial charge >= 0.3 is 12.1 Å². The van der Waals surface area contributed by atoms with Crippen molar-refractivity contribution in [3.8, 4) is 0 Å². The van der Waals surface area contributed by atoms with E-state index in [1.807, 2.05) is 6.26 Å². The molecule has 0 spiro atoms. The second-order valence-corrected chi connectivity index (χ2v) is 3.17. The predicted molar refractivity (Wildman–Crippen MR) is 41.4 cm³/mol. The molecule has 1 rings (SSSR count). The van der Waals surface area contributed by atoms with E-state index in [4.69, 9.17) is 0 Å². The summed E-state index contributed by atoms with van der Waals surface area (Å²) < 4.78 is 4.27. The Labute approximate surface area is 68.7 Å². The minimum Gasteiger partial charge on any atom is -0.375 e. The van der Waals surface area contributed by atoms with Gasteiger partial charge < -0.3 is 10.1 Å². The molecule has 0 aromatic rings. The highest BCUT2D eigenvalue weighted by molar-refractivity contribution is 7.98. The molecule has 1 unspecified atom stereocenters. The van der Waals surface area contributed by atoms with E-state index in [9.17, 15) is 9.59 Å². The van der Waals surface area contributed by atoms with Gasteiger partial charge in [-0.1, -0.05) is 0 Å². The number of esters is 1. The Morgan fingerprint density at radius 1 is 1.64 bits per heavy atom. The lowest BCUT2D eigenvalue weighted by Crippen LogP contribution is -2.29.